The van der Waals surface area contributed by atoms with Gasteiger partial charge in [-0.25, -0.2) is 4.79 Å². The van der Waals surface area contributed by atoms with Crippen molar-refractivity contribution >= 4 is 15.6 Å². The van der Waals surface area contributed by atoms with Crippen LogP contribution in [0, 0.1) is 0 Å². The van der Waals surface area contributed by atoms with Gasteiger partial charge in [-0.05, 0) is 0 Å². The van der Waals surface area contributed by atoms with Crippen molar-refractivity contribution in [3.8, 4) is 0 Å². The average molecular weight is 177 g/mol. The fourth-order valence-electron chi connectivity index (χ4n) is 0.554. The number of primary amides is 1. The number of carbonyl (C=O) groups is 1. The normalized spacial score (nSPS) is 11.2. The Morgan fingerprint density at radius 2 is 1.91 bits per heavy atom. The van der Waals surface area contributed by atoms with E-state index in [0.717, 1.165) is 0 Å². The summed E-state index contributed by atoms with van der Waals surface area (Å²) in [5, 5.41) is 0. The zero-order chi connectivity index (χ0) is 8.91. The Kier molecular flexibility index (Phi) is 4.09. The van der Waals surface area contributed by atoms with E-state index in [1.54, 1.807) is 6.55 Å². The Hall–Kier alpha value is -0.593. The molecule has 0 saturated heterocycles. The molecule has 0 aromatic carbocycles. The fourth-order valence-corrected chi connectivity index (χ4v) is 1.17. The first-order valence-corrected chi connectivity index (χ1v) is 4.38. The lowest BCUT2D eigenvalue weighted by Gasteiger charge is -2.27. The largest absolute Gasteiger partial charge is 0.408 e. The lowest BCUT2D eigenvalue weighted by Crippen LogP contribution is -2.45. The van der Waals surface area contributed by atoms with Crippen LogP contribution >= 0.6 is 0 Å². The molecule has 0 aliphatic carbocycles. The second kappa shape index (κ2) is 4.32. The maximum atomic E-state index is 10.3. The molecule has 6 heteroatoms. The molecule has 0 aromatic rings. The Morgan fingerprint density at radius 1 is 1.45 bits per heavy atom. The summed E-state index contributed by atoms with van der Waals surface area (Å²) in [4.78, 5) is 10.3. The van der Waals surface area contributed by atoms with Gasteiger partial charge in [0.2, 0.25) is 0 Å². The quantitative estimate of drug-likeness (QED) is 0.474. The third-order valence-electron chi connectivity index (χ3n) is 1.08. The van der Waals surface area contributed by atoms with E-state index in [1.165, 1.54) is 14.2 Å². The highest BCUT2D eigenvalue weighted by molar-refractivity contribution is 6.36. The molecule has 11 heavy (non-hydrogen) atoms. The summed E-state index contributed by atoms with van der Waals surface area (Å²) in [5.74, 6) is 0. The van der Waals surface area contributed by atoms with Gasteiger partial charge in [0.15, 0.2) is 9.52 Å². The van der Waals surface area contributed by atoms with E-state index in [4.69, 9.17) is 15.2 Å². The molecule has 0 bridgehead atoms. The Labute approximate surface area is 67.6 Å². The molecule has 0 saturated carbocycles. The number of nitrogens with two attached hydrogens (primary N) is 1. The monoisotopic (exact) mass is 177 g/mol. The number of amides is 1. The summed E-state index contributed by atoms with van der Waals surface area (Å²) in [6.45, 7) is 1.77. The van der Waals surface area contributed by atoms with Gasteiger partial charge in [0, 0.05) is 14.2 Å². The molecule has 0 aliphatic heterocycles. The molecule has 1 amide bonds. The summed E-state index contributed by atoms with van der Waals surface area (Å²) in [6, 6.07) is 0. The van der Waals surface area contributed by atoms with Crippen LogP contribution in [0.15, 0.2) is 0 Å². The zero-order valence-corrected chi connectivity index (χ0v) is 7.71. The van der Waals surface area contributed by atoms with Gasteiger partial charge in [-0.15, -0.1) is 0 Å². The molecule has 0 spiro atoms. The molecule has 64 valence electrons. The third kappa shape index (κ3) is 2.87. The van der Waals surface area contributed by atoms with Gasteiger partial charge < -0.3 is 19.9 Å². The summed E-state index contributed by atoms with van der Waals surface area (Å²) < 4.78 is 14.2. The average Bonchev–Trinajstić information content (AvgIpc) is 2.00. The molecule has 0 aromatic heterocycles. The van der Waals surface area contributed by atoms with Crippen molar-refractivity contribution in [2.75, 3.05) is 14.2 Å². The molecule has 2 N–H and O–H groups in total. The fraction of sp³-hybridized carbons (Fsp3) is 0.800. The highest BCUT2D eigenvalue weighted by Crippen LogP contribution is 2.10. The highest BCUT2D eigenvalue weighted by Gasteiger charge is 2.31. The van der Waals surface area contributed by atoms with Gasteiger partial charge in [-0.2, -0.15) is 0 Å². The van der Waals surface area contributed by atoms with Crippen LogP contribution in [-0.2, 0) is 14.2 Å². The topological polar surface area (TPSA) is 70.8 Å². The summed E-state index contributed by atoms with van der Waals surface area (Å²) in [5.41, 5.74) is 3.49. The molecule has 0 unspecified atom stereocenters. The molecule has 2 radical (unpaired) electrons. The van der Waals surface area contributed by atoms with Gasteiger partial charge in [0.05, 0.1) is 0 Å². The van der Waals surface area contributed by atoms with Crippen LogP contribution in [0.1, 0.15) is 0 Å². The maximum absolute atomic E-state index is 10.3. The van der Waals surface area contributed by atoms with E-state index < -0.39 is 11.7 Å². The maximum Gasteiger partial charge on any atom is 0.408 e. The molecule has 0 fully saturated rings. The first-order valence-electron chi connectivity index (χ1n) is 2.88. The smallest absolute Gasteiger partial charge is 0.397 e. The number of rotatable bonds is 4. The number of hydrogen-bond donors (Lipinski definition) is 1. The lowest BCUT2D eigenvalue weighted by atomic mass is 11.1. The number of carbonyl (C=O) groups excluding carboxylic acids is 1. The number of hydrogen-bond acceptors (Lipinski definition) is 4. The SMILES string of the molecule is COC(OC)(OC(N)=O)[Si]C. The van der Waals surface area contributed by atoms with Crippen molar-refractivity contribution in [1.82, 2.24) is 0 Å². The third-order valence-corrected chi connectivity index (χ3v) is 2.20. The standard InChI is InChI=1S/C5H11NO4Si/c1-8-5(9-2,11-3)10-4(6)7/h1-3H3,(H2,6,7). The molecular weight excluding hydrogens is 166 g/mol. The minimum Gasteiger partial charge on any atom is -0.397 e. The van der Waals surface area contributed by atoms with Crippen LogP contribution < -0.4 is 5.73 Å². The van der Waals surface area contributed by atoms with Crippen molar-refractivity contribution in [2.24, 2.45) is 5.73 Å². The van der Waals surface area contributed by atoms with E-state index in [1.807, 2.05) is 0 Å². The molecule has 0 rings (SSSR count). The van der Waals surface area contributed by atoms with Gasteiger partial charge in [-0.3, -0.25) is 0 Å². The molecule has 0 heterocycles. The minimum atomic E-state index is -1.30. The van der Waals surface area contributed by atoms with Crippen molar-refractivity contribution in [3.05, 3.63) is 0 Å². The lowest BCUT2D eigenvalue weighted by molar-refractivity contribution is -0.275. The van der Waals surface area contributed by atoms with Crippen molar-refractivity contribution < 1.29 is 19.0 Å². The van der Waals surface area contributed by atoms with Crippen LogP contribution in [0.3, 0.4) is 0 Å². The molecule has 0 atom stereocenters. The van der Waals surface area contributed by atoms with Crippen LogP contribution in [0.2, 0.25) is 6.55 Å². The minimum absolute atomic E-state index is 0.144. The first-order chi connectivity index (χ1) is 5.10. The Balaban J connectivity index is 4.16. The van der Waals surface area contributed by atoms with Gasteiger partial charge >= 0.3 is 6.09 Å². The van der Waals surface area contributed by atoms with Crippen molar-refractivity contribution in [3.63, 3.8) is 0 Å². The van der Waals surface area contributed by atoms with E-state index in [0.29, 0.717) is 0 Å². The first kappa shape index (κ1) is 10.4. The highest BCUT2D eigenvalue weighted by atomic mass is 28.2. The van der Waals surface area contributed by atoms with E-state index in [2.05, 4.69) is 4.74 Å². The second-order valence-corrected chi connectivity index (χ2v) is 2.75. The summed E-state index contributed by atoms with van der Waals surface area (Å²) in [6.07, 6.45) is -0.914. The number of ether oxygens (including phenoxy) is 3. The Morgan fingerprint density at radius 3 is 2.00 bits per heavy atom. The van der Waals surface area contributed by atoms with E-state index >= 15 is 0 Å². The van der Waals surface area contributed by atoms with Crippen LogP contribution in [-0.4, -0.2) is 35.4 Å². The molecule has 0 aliphatic rings. The van der Waals surface area contributed by atoms with Gasteiger partial charge in [0.25, 0.3) is 5.60 Å². The number of methoxy groups -OCH3 is 2. The van der Waals surface area contributed by atoms with Crippen LogP contribution in [0.5, 0.6) is 0 Å². The predicted molar refractivity (Wildman–Crippen MR) is 39.0 cm³/mol. The summed E-state index contributed by atoms with van der Waals surface area (Å²) in [7, 11) is 2.90. The van der Waals surface area contributed by atoms with Gasteiger partial charge in [0.1, 0.15) is 0 Å². The van der Waals surface area contributed by atoms with Crippen LogP contribution in [0.25, 0.3) is 0 Å². The second-order valence-electron chi connectivity index (χ2n) is 1.64. The van der Waals surface area contributed by atoms with E-state index in [-0.39, 0.29) is 9.52 Å². The zero-order valence-electron chi connectivity index (χ0n) is 6.71. The predicted octanol–water partition coefficient (Wildman–Crippen LogP) is -0.262. The molecule has 5 nitrogen and oxygen atoms in total. The molecular formula is C5H11NO4Si. The van der Waals surface area contributed by atoms with Crippen LogP contribution in [0.4, 0.5) is 4.79 Å². The summed E-state index contributed by atoms with van der Waals surface area (Å²) >= 11 is 0. The van der Waals surface area contributed by atoms with E-state index in [9.17, 15) is 4.79 Å². The van der Waals surface area contributed by atoms with Crippen molar-refractivity contribution in [2.45, 2.75) is 12.1 Å². The van der Waals surface area contributed by atoms with Crippen molar-refractivity contribution in [1.29, 1.82) is 0 Å². The Bertz CT molecular complexity index is 128. The van der Waals surface area contributed by atoms with Gasteiger partial charge in [-0.1, -0.05) is 6.55 Å².